The lowest BCUT2D eigenvalue weighted by Gasteiger charge is -2.15. The van der Waals surface area contributed by atoms with Gasteiger partial charge in [-0.2, -0.15) is 0 Å². The monoisotopic (exact) mass is 310 g/mol. The minimum absolute atomic E-state index is 0.0366. The third-order valence-corrected chi connectivity index (χ3v) is 3.71. The summed E-state index contributed by atoms with van der Waals surface area (Å²) in [6.07, 6.45) is 0.993. The van der Waals surface area contributed by atoms with Gasteiger partial charge in [-0.1, -0.05) is 49.4 Å². The maximum atomic E-state index is 12.0. The summed E-state index contributed by atoms with van der Waals surface area (Å²) in [4.78, 5) is 23.8. The van der Waals surface area contributed by atoms with Crippen LogP contribution in [-0.2, 0) is 11.2 Å². The Morgan fingerprint density at radius 3 is 2.26 bits per heavy atom. The largest absolute Gasteiger partial charge is 0.348 e. The SMILES string of the molecule is CCc1ccc(C(C)NC(=O)CNC(=O)c2ccccc2)cc1. The van der Waals surface area contributed by atoms with E-state index in [9.17, 15) is 9.59 Å². The van der Waals surface area contributed by atoms with E-state index in [4.69, 9.17) is 0 Å². The van der Waals surface area contributed by atoms with Gasteiger partial charge in [-0.15, -0.1) is 0 Å². The Labute approximate surface area is 136 Å². The molecule has 0 aromatic heterocycles. The molecule has 4 nitrogen and oxygen atoms in total. The van der Waals surface area contributed by atoms with E-state index in [0.717, 1.165) is 12.0 Å². The number of aryl methyl sites for hydroxylation is 1. The molecule has 0 heterocycles. The topological polar surface area (TPSA) is 58.2 Å². The molecule has 2 N–H and O–H groups in total. The van der Waals surface area contributed by atoms with Crippen LogP contribution in [0.15, 0.2) is 54.6 Å². The molecule has 4 heteroatoms. The fraction of sp³-hybridized carbons (Fsp3) is 0.263. The van der Waals surface area contributed by atoms with Gasteiger partial charge in [-0.25, -0.2) is 0 Å². The first-order valence-electron chi connectivity index (χ1n) is 7.81. The van der Waals surface area contributed by atoms with Crippen LogP contribution in [0.5, 0.6) is 0 Å². The molecule has 0 aliphatic heterocycles. The van der Waals surface area contributed by atoms with E-state index in [-0.39, 0.29) is 24.4 Å². The van der Waals surface area contributed by atoms with Gasteiger partial charge >= 0.3 is 0 Å². The van der Waals surface area contributed by atoms with Gasteiger partial charge in [0.1, 0.15) is 0 Å². The first-order valence-corrected chi connectivity index (χ1v) is 7.81. The lowest BCUT2D eigenvalue weighted by atomic mass is 10.1. The summed E-state index contributed by atoms with van der Waals surface area (Å²) in [5.41, 5.74) is 2.86. The zero-order valence-electron chi connectivity index (χ0n) is 13.5. The highest BCUT2D eigenvalue weighted by Crippen LogP contribution is 2.13. The van der Waals surface area contributed by atoms with Crippen molar-refractivity contribution in [1.82, 2.24) is 10.6 Å². The Morgan fingerprint density at radius 2 is 1.65 bits per heavy atom. The van der Waals surface area contributed by atoms with Crippen molar-refractivity contribution in [3.05, 3.63) is 71.3 Å². The van der Waals surface area contributed by atoms with E-state index in [1.54, 1.807) is 24.3 Å². The molecular weight excluding hydrogens is 288 g/mol. The van der Waals surface area contributed by atoms with Gasteiger partial charge < -0.3 is 10.6 Å². The fourth-order valence-electron chi connectivity index (χ4n) is 2.27. The van der Waals surface area contributed by atoms with E-state index in [0.29, 0.717) is 5.56 Å². The maximum Gasteiger partial charge on any atom is 0.251 e. The first-order chi connectivity index (χ1) is 11.1. The van der Waals surface area contributed by atoms with Crippen LogP contribution >= 0.6 is 0 Å². The minimum atomic E-state index is -0.249. The van der Waals surface area contributed by atoms with Crippen LogP contribution in [0.1, 0.15) is 41.4 Å². The summed E-state index contributed by atoms with van der Waals surface area (Å²) in [5.74, 6) is -0.456. The molecule has 1 atom stereocenters. The predicted molar refractivity (Wildman–Crippen MR) is 91.2 cm³/mol. The molecule has 0 radical (unpaired) electrons. The van der Waals surface area contributed by atoms with Crippen LogP contribution in [0.4, 0.5) is 0 Å². The molecular formula is C19H22N2O2. The first kappa shape index (κ1) is 16.7. The van der Waals surface area contributed by atoms with Gasteiger partial charge in [-0.05, 0) is 36.6 Å². The lowest BCUT2D eigenvalue weighted by Crippen LogP contribution is -2.38. The predicted octanol–water partition coefficient (Wildman–Crippen LogP) is 2.86. The molecule has 1 unspecified atom stereocenters. The minimum Gasteiger partial charge on any atom is -0.348 e. The van der Waals surface area contributed by atoms with Crippen molar-refractivity contribution in [3.63, 3.8) is 0 Å². The van der Waals surface area contributed by atoms with Gasteiger partial charge in [0, 0.05) is 5.56 Å². The smallest absolute Gasteiger partial charge is 0.251 e. The highest BCUT2D eigenvalue weighted by Gasteiger charge is 2.11. The van der Waals surface area contributed by atoms with Crippen LogP contribution in [0.3, 0.4) is 0 Å². The Kier molecular flexibility index (Phi) is 5.92. The van der Waals surface area contributed by atoms with Crippen molar-refractivity contribution in [2.75, 3.05) is 6.54 Å². The van der Waals surface area contributed by atoms with Crippen molar-refractivity contribution in [3.8, 4) is 0 Å². The Bertz CT molecular complexity index is 651. The number of amides is 2. The van der Waals surface area contributed by atoms with Gasteiger partial charge in [-0.3, -0.25) is 9.59 Å². The van der Waals surface area contributed by atoms with E-state index in [1.165, 1.54) is 5.56 Å². The summed E-state index contributed by atoms with van der Waals surface area (Å²) in [6, 6.07) is 16.9. The molecule has 0 aliphatic rings. The highest BCUT2D eigenvalue weighted by atomic mass is 16.2. The third kappa shape index (κ3) is 4.95. The Balaban J connectivity index is 1.83. The number of hydrogen-bond donors (Lipinski definition) is 2. The molecule has 2 amide bonds. The normalized spacial score (nSPS) is 11.6. The zero-order valence-corrected chi connectivity index (χ0v) is 13.5. The van der Waals surface area contributed by atoms with Crippen molar-refractivity contribution in [2.24, 2.45) is 0 Å². The highest BCUT2D eigenvalue weighted by molar-refractivity contribution is 5.96. The number of benzene rings is 2. The Hall–Kier alpha value is -2.62. The fourth-order valence-corrected chi connectivity index (χ4v) is 2.27. The van der Waals surface area contributed by atoms with Crippen LogP contribution in [-0.4, -0.2) is 18.4 Å². The number of hydrogen-bond acceptors (Lipinski definition) is 2. The van der Waals surface area contributed by atoms with E-state index < -0.39 is 0 Å². The summed E-state index contributed by atoms with van der Waals surface area (Å²) in [5, 5.41) is 5.51. The summed E-state index contributed by atoms with van der Waals surface area (Å²) >= 11 is 0. The molecule has 0 saturated carbocycles. The molecule has 2 aromatic rings. The average Bonchev–Trinajstić information content (AvgIpc) is 2.60. The van der Waals surface area contributed by atoms with Crippen molar-refractivity contribution in [2.45, 2.75) is 26.3 Å². The zero-order chi connectivity index (χ0) is 16.7. The summed E-state index contributed by atoms with van der Waals surface area (Å²) in [7, 11) is 0. The van der Waals surface area contributed by atoms with Gasteiger partial charge in [0.25, 0.3) is 5.91 Å². The molecule has 0 saturated heterocycles. The van der Waals surface area contributed by atoms with E-state index in [2.05, 4.69) is 29.7 Å². The summed E-state index contributed by atoms with van der Waals surface area (Å²) in [6.45, 7) is 4.00. The maximum absolute atomic E-state index is 12.0. The van der Waals surface area contributed by atoms with Crippen LogP contribution in [0.2, 0.25) is 0 Å². The lowest BCUT2D eigenvalue weighted by molar-refractivity contribution is -0.120. The van der Waals surface area contributed by atoms with Crippen LogP contribution in [0, 0.1) is 0 Å². The molecule has 0 spiro atoms. The van der Waals surface area contributed by atoms with Gasteiger partial charge in [0.05, 0.1) is 12.6 Å². The van der Waals surface area contributed by atoms with Crippen molar-refractivity contribution < 1.29 is 9.59 Å². The number of carbonyl (C=O) groups is 2. The molecule has 0 bridgehead atoms. The number of rotatable bonds is 6. The van der Waals surface area contributed by atoms with Gasteiger partial charge in [0.2, 0.25) is 5.91 Å². The molecule has 2 rings (SSSR count). The van der Waals surface area contributed by atoms with E-state index >= 15 is 0 Å². The van der Waals surface area contributed by atoms with Crippen LogP contribution in [0.25, 0.3) is 0 Å². The molecule has 0 aliphatic carbocycles. The molecule has 0 fully saturated rings. The second-order valence-corrected chi connectivity index (χ2v) is 5.43. The van der Waals surface area contributed by atoms with Gasteiger partial charge in [0.15, 0.2) is 0 Å². The number of nitrogens with one attached hydrogen (secondary N) is 2. The van der Waals surface area contributed by atoms with Crippen molar-refractivity contribution >= 4 is 11.8 Å². The molecule has 120 valence electrons. The van der Waals surface area contributed by atoms with E-state index in [1.807, 2.05) is 25.1 Å². The third-order valence-electron chi connectivity index (χ3n) is 3.71. The molecule has 23 heavy (non-hydrogen) atoms. The van der Waals surface area contributed by atoms with Crippen LogP contribution < -0.4 is 10.6 Å². The Morgan fingerprint density at radius 1 is 1.00 bits per heavy atom. The second-order valence-electron chi connectivity index (χ2n) is 5.43. The summed E-state index contributed by atoms with van der Waals surface area (Å²) < 4.78 is 0. The average molecular weight is 310 g/mol. The number of carbonyl (C=O) groups excluding carboxylic acids is 2. The quantitative estimate of drug-likeness (QED) is 0.862. The van der Waals surface area contributed by atoms with Crippen molar-refractivity contribution in [1.29, 1.82) is 0 Å². The standard InChI is InChI=1S/C19H22N2O2/c1-3-15-9-11-16(12-10-15)14(2)21-18(22)13-20-19(23)17-7-5-4-6-8-17/h4-12,14H,3,13H2,1-2H3,(H,20,23)(H,21,22). The second kappa shape index (κ2) is 8.13. The molecule has 2 aromatic carbocycles.